The maximum absolute atomic E-state index is 12.2. The molecule has 0 aliphatic carbocycles. The summed E-state index contributed by atoms with van der Waals surface area (Å²) in [6, 6.07) is 18.6. The number of nitrogens with one attached hydrogen (secondary N) is 3. The van der Waals surface area contributed by atoms with Gasteiger partial charge >= 0.3 is 6.09 Å². The van der Waals surface area contributed by atoms with Crippen LogP contribution in [0.2, 0.25) is 0 Å². The van der Waals surface area contributed by atoms with E-state index in [0.29, 0.717) is 11.6 Å². The summed E-state index contributed by atoms with van der Waals surface area (Å²) in [6.45, 7) is 3.95. The van der Waals surface area contributed by atoms with Crippen molar-refractivity contribution in [1.82, 2.24) is 15.3 Å². The van der Waals surface area contributed by atoms with Gasteiger partial charge in [-0.25, -0.2) is 9.78 Å². The highest BCUT2D eigenvalue weighted by Gasteiger charge is 2.14. The second-order valence-corrected chi connectivity index (χ2v) is 8.40. The summed E-state index contributed by atoms with van der Waals surface area (Å²) < 4.78 is 5.10. The molecule has 3 aromatic rings. The lowest BCUT2D eigenvalue weighted by molar-refractivity contribution is -0.115. The molecule has 1 aromatic heterocycles. The standard InChI is InChI=1S/C26H30N6O3/c1-19-16-23(32-14-6-3-7-15-32)31-25(28-19)30-22-12-10-21(11-13-22)29-24(33)17-27-26(34)35-18-20-8-4-2-5-9-20/h2,4-5,8-13,16H,3,6-7,14-15,17-18H2,1H3,(H,27,34)(H,29,33)(H,28,30,31). The number of carbonyl (C=O) groups is 2. The number of ether oxygens (including phenoxy) is 1. The van der Waals surface area contributed by atoms with E-state index in [1.54, 1.807) is 12.1 Å². The zero-order valence-corrected chi connectivity index (χ0v) is 19.8. The first-order valence-corrected chi connectivity index (χ1v) is 11.8. The Morgan fingerprint density at radius 2 is 1.66 bits per heavy atom. The molecular weight excluding hydrogens is 444 g/mol. The fraction of sp³-hybridized carbons (Fsp3) is 0.308. The molecule has 9 nitrogen and oxygen atoms in total. The van der Waals surface area contributed by atoms with Gasteiger partial charge in [0.05, 0.1) is 0 Å². The highest BCUT2D eigenvalue weighted by Crippen LogP contribution is 2.22. The van der Waals surface area contributed by atoms with Crippen molar-refractivity contribution in [3.05, 3.63) is 71.9 Å². The summed E-state index contributed by atoms with van der Waals surface area (Å²) >= 11 is 0. The van der Waals surface area contributed by atoms with E-state index in [0.717, 1.165) is 35.9 Å². The number of carbonyl (C=O) groups excluding carboxylic acids is 2. The molecule has 2 aromatic carbocycles. The van der Waals surface area contributed by atoms with E-state index < -0.39 is 6.09 Å². The summed E-state index contributed by atoms with van der Waals surface area (Å²) in [6.07, 6.45) is 2.99. The smallest absolute Gasteiger partial charge is 0.407 e. The fourth-order valence-electron chi connectivity index (χ4n) is 3.79. The third-order valence-electron chi connectivity index (χ3n) is 5.55. The van der Waals surface area contributed by atoms with Crippen LogP contribution in [-0.4, -0.2) is 41.6 Å². The van der Waals surface area contributed by atoms with Crippen molar-refractivity contribution >= 4 is 35.1 Å². The number of benzene rings is 2. The zero-order valence-electron chi connectivity index (χ0n) is 19.8. The highest BCUT2D eigenvalue weighted by atomic mass is 16.5. The minimum atomic E-state index is -0.648. The molecule has 0 atom stereocenters. The molecule has 0 saturated carbocycles. The lowest BCUT2D eigenvalue weighted by atomic mass is 10.1. The third-order valence-corrected chi connectivity index (χ3v) is 5.55. The van der Waals surface area contributed by atoms with E-state index in [1.165, 1.54) is 19.3 Å². The largest absolute Gasteiger partial charge is 0.445 e. The maximum Gasteiger partial charge on any atom is 0.407 e. The van der Waals surface area contributed by atoms with Crippen LogP contribution in [0.4, 0.5) is 27.9 Å². The number of piperidine rings is 1. The summed E-state index contributed by atoms with van der Waals surface area (Å²) in [4.78, 5) is 35.5. The molecule has 3 N–H and O–H groups in total. The van der Waals surface area contributed by atoms with Crippen molar-refractivity contribution in [2.75, 3.05) is 35.2 Å². The lowest BCUT2D eigenvalue weighted by Crippen LogP contribution is -2.33. The number of alkyl carbamates (subject to hydrolysis) is 1. The molecule has 0 radical (unpaired) electrons. The van der Waals surface area contributed by atoms with Gasteiger partial charge in [-0.3, -0.25) is 4.79 Å². The van der Waals surface area contributed by atoms with Gasteiger partial charge in [0, 0.05) is 36.2 Å². The first-order chi connectivity index (χ1) is 17.0. The van der Waals surface area contributed by atoms with E-state index in [-0.39, 0.29) is 19.1 Å². The molecule has 182 valence electrons. The Morgan fingerprint density at radius 3 is 2.40 bits per heavy atom. The molecule has 35 heavy (non-hydrogen) atoms. The van der Waals surface area contributed by atoms with Gasteiger partial charge < -0.3 is 25.6 Å². The molecule has 2 amide bonds. The topological polar surface area (TPSA) is 108 Å². The van der Waals surface area contributed by atoms with Crippen LogP contribution in [0.15, 0.2) is 60.7 Å². The summed E-state index contributed by atoms with van der Waals surface area (Å²) in [7, 11) is 0. The lowest BCUT2D eigenvalue weighted by Gasteiger charge is -2.28. The second-order valence-electron chi connectivity index (χ2n) is 8.40. The van der Waals surface area contributed by atoms with E-state index in [4.69, 9.17) is 4.74 Å². The molecule has 9 heteroatoms. The normalized spacial score (nSPS) is 13.1. The van der Waals surface area contributed by atoms with Crippen LogP contribution in [0, 0.1) is 6.92 Å². The first kappa shape index (κ1) is 24.0. The number of aryl methyl sites for hydroxylation is 1. The number of rotatable bonds is 8. The molecule has 0 spiro atoms. The SMILES string of the molecule is Cc1cc(N2CCCCC2)nc(Nc2ccc(NC(=O)CNC(=O)OCc3ccccc3)cc2)n1. The molecular formula is C26H30N6O3. The van der Waals surface area contributed by atoms with Gasteiger partial charge in [-0.05, 0) is 56.0 Å². The molecule has 0 bridgehead atoms. The van der Waals surface area contributed by atoms with Crippen LogP contribution in [-0.2, 0) is 16.1 Å². The van der Waals surface area contributed by atoms with E-state index in [1.807, 2.05) is 55.5 Å². The molecule has 1 aliphatic rings. The highest BCUT2D eigenvalue weighted by molar-refractivity contribution is 5.94. The monoisotopic (exact) mass is 474 g/mol. The average Bonchev–Trinajstić information content (AvgIpc) is 2.88. The van der Waals surface area contributed by atoms with Crippen LogP contribution in [0.5, 0.6) is 0 Å². The molecule has 1 saturated heterocycles. The van der Waals surface area contributed by atoms with Crippen molar-refractivity contribution < 1.29 is 14.3 Å². The van der Waals surface area contributed by atoms with Crippen molar-refractivity contribution in [3.63, 3.8) is 0 Å². The van der Waals surface area contributed by atoms with Gasteiger partial charge in [-0.1, -0.05) is 30.3 Å². The van der Waals surface area contributed by atoms with Gasteiger partial charge in [0.1, 0.15) is 19.0 Å². The van der Waals surface area contributed by atoms with Crippen LogP contribution in [0.1, 0.15) is 30.5 Å². The van der Waals surface area contributed by atoms with Crippen LogP contribution in [0.3, 0.4) is 0 Å². The molecule has 2 heterocycles. The Bertz CT molecular complexity index is 1130. The van der Waals surface area contributed by atoms with Crippen molar-refractivity contribution in [3.8, 4) is 0 Å². The number of amides is 2. The Labute approximate surface area is 204 Å². The Balaban J connectivity index is 1.24. The van der Waals surface area contributed by atoms with Crippen LogP contribution < -0.4 is 20.9 Å². The van der Waals surface area contributed by atoms with Crippen LogP contribution in [0.25, 0.3) is 0 Å². The Kier molecular flexibility index (Phi) is 8.11. The van der Waals surface area contributed by atoms with Gasteiger partial charge in [0.25, 0.3) is 0 Å². The average molecular weight is 475 g/mol. The Hall–Kier alpha value is -4.14. The Morgan fingerprint density at radius 1 is 0.943 bits per heavy atom. The number of hydrogen-bond acceptors (Lipinski definition) is 7. The third kappa shape index (κ3) is 7.43. The number of hydrogen-bond donors (Lipinski definition) is 3. The fourth-order valence-corrected chi connectivity index (χ4v) is 3.79. The quantitative estimate of drug-likeness (QED) is 0.444. The van der Waals surface area contributed by atoms with Crippen LogP contribution >= 0.6 is 0 Å². The summed E-state index contributed by atoms with van der Waals surface area (Å²) in [5.74, 6) is 1.13. The summed E-state index contributed by atoms with van der Waals surface area (Å²) in [5, 5.41) is 8.43. The molecule has 1 aliphatic heterocycles. The first-order valence-electron chi connectivity index (χ1n) is 11.8. The maximum atomic E-state index is 12.2. The number of aromatic nitrogens is 2. The molecule has 4 rings (SSSR count). The summed E-state index contributed by atoms with van der Waals surface area (Å²) in [5.41, 5.74) is 3.20. The second kappa shape index (κ2) is 11.8. The number of anilines is 4. The van der Waals surface area contributed by atoms with Gasteiger partial charge in [0.2, 0.25) is 11.9 Å². The molecule has 1 fully saturated rings. The number of nitrogens with zero attached hydrogens (tertiary/aromatic N) is 3. The van der Waals surface area contributed by atoms with Gasteiger partial charge in [0.15, 0.2) is 0 Å². The van der Waals surface area contributed by atoms with Crippen molar-refractivity contribution in [1.29, 1.82) is 0 Å². The van der Waals surface area contributed by atoms with Crippen molar-refractivity contribution in [2.45, 2.75) is 32.8 Å². The van der Waals surface area contributed by atoms with Gasteiger partial charge in [-0.15, -0.1) is 0 Å². The van der Waals surface area contributed by atoms with E-state index in [9.17, 15) is 9.59 Å². The minimum Gasteiger partial charge on any atom is -0.445 e. The predicted octanol–water partition coefficient (Wildman–Crippen LogP) is 4.38. The van der Waals surface area contributed by atoms with E-state index in [2.05, 4.69) is 30.8 Å². The van der Waals surface area contributed by atoms with Crippen molar-refractivity contribution in [2.24, 2.45) is 0 Å². The minimum absolute atomic E-state index is 0.146. The van der Waals surface area contributed by atoms with Gasteiger partial charge in [-0.2, -0.15) is 4.98 Å². The predicted molar refractivity (Wildman–Crippen MR) is 136 cm³/mol. The van der Waals surface area contributed by atoms with E-state index >= 15 is 0 Å². The zero-order chi connectivity index (χ0) is 24.5. The molecule has 0 unspecified atom stereocenters.